The van der Waals surface area contributed by atoms with E-state index >= 15 is 0 Å². The molecule has 1 aromatic rings. The maximum Gasteiger partial charge on any atom is 0.307 e. The molecule has 1 aromatic heterocycles. The van der Waals surface area contributed by atoms with Gasteiger partial charge in [0, 0.05) is 30.5 Å². The highest BCUT2D eigenvalue weighted by Crippen LogP contribution is 2.28. The SMILES string of the molecule is COC(=O)CCN(C(=O)c1ccncc1)C1CC1. The molecule has 0 spiro atoms. The first-order valence-electron chi connectivity index (χ1n) is 6.00. The maximum atomic E-state index is 12.3. The van der Waals surface area contributed by atoms with Gasteiger partial charge in [-0.25, -0.2) is 0 Å². The summed E-state index contributed by atoms with van der Waals surface area (Å²) in [7, 11) is 1.36. The van der Waals surface area contributed by atoms with Crippen LogP contribution in [0.3, 0.4) is 0 Å². The van der Waals surface area contributed by atoms with Crippen molar-refractivity contribution in [2.75, 3.05) is 13.7 Å². The third-order valence-corrected chi connectivity index (χ3v) is 2.96. The van der Waals surface area contributed by atoms with E-state index in [1.54, 1.807) is 29.4 Å². The van der Waals surface area contributed by atoms with Gasteiger partial charge < -0.3 is 9.64 Å². The highest BCUT2D eigenvalue weighted by molar-refractivity contribution is 5.94. The molecule has 96 valence electrons. The second-order valence-electron chi connectivity index (χ2n) is 4.29. The van der Waals surface area contributed by atoms with Gasteiger partial charge in [-0.1, -0.05) is 0 Å². The first-order valence-corrected chi connectivity index (χ1v) is 6.00. The number of nitrogens with zero attached hydrogens (tertiary/aromatic N) is 2. The second kappa shape index (κ2) is 5.62. The van der Waals surface area contributed by atoms with Crippen LogP contribution in [0.25, 0.3) is 0 Å². The molecular weight excluding hydrogens is 232 g/mol. The molecule has 0 atom stereocenters. The Morgan fingerprint density at radius 2 is 2.06 bits per heavy atom. The molecule has 5 heteroatoms. The summed E-state index contributed by atoms with van der Waals surface area (Å²) in [4.78, 5) is 29.1. The molecule has 0 N–H and O–H groups in total. The summed E-state index contributed by atoms with van der Waals surface area (Å²) in [6, 6.07) is 3.65. The normalized spacial score (nSPS) is 14.1. The minimum Gasteiger partial charge on any atom is -0.469 e. The zero-order valence-electron chi connectivity index (χ0n) is 10.3. The molecule has 1 amide bonds. The largest absolute Gasteiger partial charge is 0.469 e. The van der Waals surface area contributed by atoms with E-state index in [2.05, 4.69) is 9.72 Å². The molecule has 5 nitrogen and oxygen atoms in total. The first-order chi connectivity index (χ1) is 8.72. The van der Waals surface area contributed by atoms with Gasteiger partial charge in [-0.05, 0) is 25.0 Å². The number of ether oxygens (including phenoxy) is 1. The number of carbonyl (C=O) groups is 2. The van der Waals surface area contributed by atoms with E-state index in [9.17, 15) is 9.59 Å². The van der Waals surface area contributed by atoms with Crippen molar-refractivity contribution in [3.63, 3.8) is 0 Å². The third kappa shape index (κ3) is 3.06. The summed E-state index contributed by atoms with van der Waals surface area (Å²) in [5.74, 6) is -0.327. The fraction of sp³-hybridized carbons (Fsp3) is 0.462. The molecule has 18 heavy (non-hydrogen) atoms. The number of rotatable bonds is 5. The number of hydrogen-bond donors (Lipinski definition) is 0. The number of carbonyl (C=O) groups excluding carboxylic acids is 2. The van der Waals surface area contributed by atoms with E-state index in [-0.39, 0.29) is 24.3 Å². The highest BCUT2D eigenvalue weighted by Gasteiger charge is 2.33. The molecule has 0 radical (unpaired) electrons. The van der Waals surface area contributed by atoms with E-state index in [4.69, 9.17) is 0 Å². The van der Waals surface area contributed by atoms with Crippen LogP contribution in [0.2, 0.25) is 0 Å². The predicted molar refractivity (Wildman–Crippen MR) is 64.9 cm³/mol. The standard InChI is InChI=1S/C13H16N2O3/c1-18-12(16)6-9-15(11-2-3-11)13(17)10-4-7-14-8-5-10/h4-5,7-8,11H,2-3,6,9H2,1H3. The molecule has 1 fully saturated rings. The number of pyridine rings is 1. The van der Waals surface area contributed by atoms with Crippen LogP contribution in [0.5, 0.6) is 0 Å². The van der Waals surface area contributed by atoms with E-state index in [0.29, 0.717) is 12.1 Å². The smallest absolute Gasteiger partial charge is 0.307 e. The quantitative estimate of drug-likeness (QED) is 0.736. The fourth-order valence-electron chi connectivity index (χ4n) is 1.81. The zero-order valence-corrected chi connectivity index (χ0v) is 10.3. The highest BCUT2D eigenvalue weighted by atomic mass is 16.5. The lowest BCUT2D eigenvalue weighted by atomic mass is 10.2. The molecule has 0 unspecified atom stereocenters. The minimum atomic E-state index is -0.289. The number of methoxy groups -OCH3 is 1. The van der Waals surface area contributed by atoms with Crippen LogP contribution in [0.15, 0.2) is 24.5 Å². The van der Waals surface area contributed by atoms with Crippen molar-refractivity contribution in [1.82, 2.24) is 9.88 Å². The van der Waals surface area contributed by atoms with Gasteiger partial charge in [-0.15, -0.1) is 0 Å². The topological polar surface area (TPSA) is 59.5 Å². The number of aromatic nitrogens is 1. The molecule has 1 aliphatic carbocycles. The molecule has 1 heterocycles. The van der Waals surface area contributed by atoms with Gasteiger partial charge in [-0.2, -0.15) is 0 Å². The molecule has 2 rings (SSSR count). The van der Waals surface area contributed by atoms with Crippen molar-refractivity contribution in [3.8, 4) is 0 Å². The predicted octanol–water partition coefficient (Wildman–Crippen LogP) is 1.25. The second-order valence-corrected chi connectivity index (χ2v) is 4.29. The summed E-state index contributed by atoms with van der Waals surface area (Å²) in [6.07, 6.45) is 5.46. The number of hydrogen-bond acceptors (Lipinski definition) is 4. The van der Waals surface area contributed by atoms with Crippen molar-refractivity contribution in [1.29, 1.82) is 0 Å². The lowest BCUT2D eigenvalue weighted by Crippen LogP contribution is -2.35. The lowest BCUT2D eigenvalue weighted by molar-refractivity contribution is -0.140. The summed E-state index contributed by atoms with van der Waals surface area (Å²) in [5, 5.41) is 0. The van der Waals surface area contributed by atoms with Gasteiger partial charge in [0.1, 0.15) is 0 Å². The van der Waals surface area contributed by atoms with Gasteiger partial charge in [0.05, 0.1) is 13.5 Å². The molecule has 0 aliphatic heterocycles. The Kier molecular flexibility index (Phi) is 3.92. The third-order valence-electron chi connectivity index (χ3n) is 2.96. The molecule has 0 bridgehead atoms. The summed E-state index contributed by atoms with van der Waals surface area (Å²) >= 11 is 0. The Morgan fingerprint density at radius 3 is 2.61 bits per heavy atom. The minimum absolute atomic E-state index is 0.0381. The molecule has 0 saturated heterocycles. The van der Waals surface area contributed by atoms with Crippen LogP contribution < -0.4 is 0 Å². The van der Waals surface area contributed by atoms with Crippen molar-refractivity contribution in [3.05, 3.63) is 30.1 Å². The van der Waals surface area contributed by atoms with Gasteiger partial charge in [0.2, 0.25) is 0 Å². The van der Waals surface area contributed by atoms with Crippen LogP contribution in [0.4, 0.5) is 0 Å². The van der Waals surface area contributed by atoms with Gasteiger partial charge in [0.15, 0.2) is 0 Å². The number of amides is 1. The average molecular weight is 248 g/mol. The Labute approximate surface area is 106 Å². The van der Waals surface area contributed by atoms with Gasteiger partial charge in [-0.3, -0.25) is 14.6 Å². The van der Waals surface area contributed by atoms with Crippen LogP contribution in [-0.2, 0) is 9.53 Å². The van der Waals surface area contributed by atoms with Crippen LogP contribution in [-0.4, -0.2) is 41.5 Å². The van der Waals surface area contributed by atoms with Crippen LogP contribution >= 0.6 is 0 Å². The Hall–Kier alpha value is -1.91. The van der Waals surface area contributed by atoms with Gasteiger partial charge in [0.25, 0.3) is 5.91 Å². The van der Waals surface area contributed by atoms with Crippen molar-refractivity contribution in [2.24, 2.45) is 0 Å². The average Bonchev–Trinajstić information content (AvgIpc) is 3.24. The van der Waals surface area contributed by atoms with Crippen LogP contribution in [0.1, 0.15) is 29.6 Å². The van der Waals surface area contributed by atoms with E-state index in [0.717, 1.165) is 12.8 Å². The van der Waals surface area contributed by atoms with E-state index in [1.165, 1.54) is 7.11 Å². The summed E-state index contributed by atoms with van der Waals surface area (Å²) in [6.45, 7) is 0.415. The Morgan fingerprint density at radius 1 is 1.39 bits per heavy atom. The molecule has 0 aromatic carbocycles. The lowest BCUT2D eigenvalue weighted by Gasteiger charge is -2.21. The Balaban J connectivity index is 2.01. The molecule has 1 saturated carbocycles. The molecule has 1 aliphatic rings. The van der Waals surface area contributed by atoms with Crippen molar-refractivity contribution in [2.45, 2.75) is 25.3 Å². The van der Waals surface area contributed by atoms with Crippen molar-refractivity contribution >= 4 is 11.9 Å². The van der Waals surface area contributed by atoms with Crippen molar-refractivity contribution < 1.29 is 14.3 Å². The number of esters is 1. The first kappa shape index (κ1) is 12.5. The summed E-state index contributed by atoms with van der Waals surface area (Å²) in [5.41, 5.74) is 0.613. The van der Waals surface area contributed by atoms with E-state index < -0.39 is 0 Å². The summed E-state index contributed by atoms with van der Waals surface area (Å²) < 4.78 is 4.60. The zero-order chi connectivity index (χ0) is 13.0. The maximum absolute atomic E-state index is 12.3. The van der Waals surface area contributed by atoms with E-state index in [1.807, 2.05) is 0 Å². The van der Waals surface area contributed by atoms with Crippen LogP contribution in [0, 0.1) is 0 Å². The van der Waals surface area contributed by atoms with Gasteiger partial charge >= 0.3 is 5.97 Å². The fourth-order valence-corrected chi connectivity index (χ4v) is 1.81. The monoisotopic (exact) mass is 248 g/mol. The molecular formula is C13H16N2O3. The Bertz CT molecular complexity index is 429.